The van der Waals surface area contributed by atoms with Crippen molar-refractivity contribution >= 4 is 11.6 Å². The third-order valence-corrected chi connectivity index (χ3v) is 5.84. The van der Waals surface area contributed by atoms with Gasteiger partial charge in [-0.05, 0) is 57.6 Å². The molecule has 1 aromatic heterocycles. The van der Waals surface area contributed by atoms with Crippen LogP contribution in [0.25, 0.3) is 0 Å². The van der Waals surface area contributed by atoms with Crippen molar-refractivity contribution < 1.29 is 0 Å². The summed E-state index contributed by atoms with van der Waals surface area (Å²) >= 11 is 0. The first-order chi connectivity index (χ1) is 15.1. The lowest BCUT2D eigenvalue weighted by atomic mass is 9.97. The summed E-state index contributed by atoms with van der Waals surface area (Å²) < 4.78 is 1.99. The third-order valence-electron chi connectivity index (χ3n) is 5.84. The van der Waals surface area contributed by atoms with Crippen molar-refractivity contribution in [3.8, 4) is 0 Å². The van der Waals surface area contributed by atoms with Crippen LogP contribution in [-0.2, 0) is 13.6 Å². The second kappa shape index (κ2) is 12.1. The molecule has 0 spiro atoms. The Morgan fingerprint density at radius 2 is 1.94 bits per heavy atom. The fourth-order valence-electron chi connectivity index (χ4n) is 3.72. The van der Waals surface area contributed by atoms with Gasteiger partial charge in [0.2, 0.25) is 0 Å². The molecule has 0 saturated heterocycles. The lowest BCUT2D eigenvalue weighted by molar-refractivity contribution is 0.662. The summed E-state index contributed by atoms with van der Waals surface area (Å²) in [4.78, 5) is 7.05. The van der Waals surface area contributed by atoms with E-state index in [1.54, 1.807) is 5.57 Å². The van der Waals surface area contributed by atoms with Crippen LogP contribution in [0.4, 0.5) is 5.69 Å². The number of allylic oxidation sites excluding steroid dienone is 1. The van der Waals surface area contributed by atoms with Gasteiger partial charge in [0.05, 0.1) is 0 Å². The third kappa shape index (κ3) is 7.42. The number of para-hydroxylation sites is 1. The number of nitrogens with zero attached hydrogens (tertiary/aromatic N) is 5. The molecule has 7 heteroatoms. The molecule has 1 aliphatic rings. The molecule has 31 heavy (non-hydrogen) atoms. The summed E-state index contributed by atoms with van der Waals surface area (Å²) in [6.07, 6.45) is 9.66. The molecule has 0 aliphatic heterocycles. The smallest absolute Gasteiger partial charge is 0.191 e. The molecule has 0 amide bonds. The average molecular weight is 424 g/mol. The van der Waals surface area contributed by atoms with Crippen molar-refractivity contribution in [1.29, 1.82) is 0 Å². The Balaban J connectivity index is 1.49. The van der Waals surface area contributed by atoms with E-state index in [9.17, 15) is 0 Å². The van der Waals surface area contributed by atoms with Crippen molar-refractivity contribution in [3.63, 3.8) is 0 Å². The normalized spacial score (nSPS) is 14.3. The SMILES string of the molecule is Cc1nnc(CN=C(NCCCN(C)c2ccccc2)NCCC2=CCCCC2)n1C. The first kappa shape index (κ1) is 22.8. The molecule has 2 aromatic rings. The zero-order chi connectivity index (χ0) is 21.9. The minimum absolute atomic E-state index is 0.513. The van der Waals surface area contributed by atoms with E-state index in [0.717, 1.165) is 50.1 Å². The van der Waals surface area contributed by atoms with Crippen molar-refractivity contribution in [3.05, 3.63) is 53.6 Å². The molecule has 0 unspecified atom stereocenters. The first-order valence-electron chi connectivity index (χ1n) is 11.4. The number of aromatic nitrogens is 3. The van der Waals surface area contributed by atoms with Crippen LogP contribution in [-0.4, -0.2) is 47.4 Å². The molecule has 0 atom stereocenters. The van der Waals surface area contributed by atoms with Crippen LogP contribution in [0.5, 0.6) is 0 Å². The quantitative estimate of drug-likeness (QED) is 0.265. The van der Waals surface area contributed by atoms with Crippen LogP contribution in [0, 0.1) is 6.92 Å². The predicted molar refractivity (Wildman–Crippen MR) is 128 cm³/mol. The molecule has 1 aliphatic carbocycles. The summed E-state index contributed by atoms with van der Waals surface area (Å²) in [7, 11) is 4.12. The molecule has 3 rings (SSSR count). The highest BCUT2D eigenvalue weighted by atomic mass is 15.3. The van der Waals surface area contributed by atoms with E-state index in [-0.39, 0.29) is 0 Å². The van der Waals surface area contributed by atoms with Crippen molar-refractivity contribution in [2.24, 2.45) is 12.0 Å². The number of nitrogens with one attached hydrogen (secondary N) is 2. The van der Waals surface area contributed by atoms with Crippen LogP contribution < -0.4 is 15.5 Å². The maximum Gasteiger partial charge on any atom is 0.191 e. The van der Waals surface area contributed by atoms with E-state index in [0.29, 0.717) is 6.54 Å². The maximum absolute atomic E-state index is 4.76. The maximum atomic E-state index is 4.76. The molecule has 1 heterocycles. The average Bonchev–Trinajstić information content (AvgIpc) is 3.13. The second-order valence-electron chi connectivity index (χ2n) is 8.21. The Morgan fingerprint density at radius 1 is 1.13 bits per heavy atom. The monoisotopic (exact) mass is 423 g/mol. The molecular weight excluding hydrogens is 386 g/mol. The molecule has 7 nitrogen and oxygen atoms in total. The lowest BCUT2D eigenvalue weighted by Crippen LogP contribution is -2.39. The van der Waals surface area contributed by atoms with E-state index in [1.165, 1.54) is 31.4 Å². The van der Waals surface area contributed by atoms with Crippen LogP contribution >= 0.6 is 0 Å². The molecule has 0 radical (unpaired) electrons. The van der Waals surface area contributed by atoms with E-state index in [2.05, 4.69) is 69.2 Å². The molecule has 0 fully saturated rings. The van der Waals surface area contributed by atoms with Gasteiger partial charge < -0.3 is 20.1 Å². The van der Waals surface area contributed by atoms with Gasteiger partial charge in [0.25, 0.3) is 0 Å². The van der Waals surface area contributed by atoms with Crippen molar-refractivity contribution in [2.75, 3.05) is 31.6 Å². The molecule has 0 saturated carbocycles. The number of hydrogen-bond donors (Lipinski definition) is 2. The number of benzene rings is 1. The molecule has 1 aromatic carbocycles. The van der Waals surface area contributed by atoms with Gasteiger partial charge in [-0.25, -0.2) is 4.99 Å². The summed E-state index contributed by atoms with van der Waals surface area (Å²) in [5.74, 6) is 2.62. The van der Waals surface area contributed by atoms with Gasteiger partial charge in [0.15, 0.2) is 11.8 Å². The van der Waals surface area contributed by atoms with Gasteiger partial charge in [-0.3, -0.25) is 0 Å². The number of rotatable bonds is 10. The van der Waals surface area contributed by atoms with Crippen LogP contribution in [0.1, 0.15) is 50.2 Å². The van der Waals surface area contributed by atoms with E-state index >= 15 is 0 Å². The molecule has 2 N–H and O–H groups in total. The molecule has 168 valence electrons. The van der Waals surface area contributed by atoms with Gasteiger partial charge in [-0.15, -0.1) is 10.2 Å². The topological polar surface area (TPSA) is 70.4 Å². The Kier molecular flexibility index (Phi) is 8.94. The second-order valence-corrected chi connectivity index (χ2v) is 8.21. The van der Waals surface area contributed by atoms with Gasteiger partial charge in [0, 0.05) is 39.4 Å². The summed E-state index contributed by atoms with van der Waals surface area (Å²) in [6, 6.07) is 10.5. The summed E-state index contributed by atoms with van der Waals surface area (Å²) in [6.45, 7) is 5.22. The van der Waals surface area contributed by atoms with Crippen LogP contribution in [0.15, 0.2) is 47.0 Å². The summed E-state index contributed by atoms with van der Waals surface area (Å²) in [5.41, 5.74) is 2.82. The van der Waals surface area contributed by atoms with Crippen LogP contribution in [0.3, 0.4) is 0 Å². The Morgan fingerprint density at radius 3 is 2.65 bits per heavy atom. The molecule has 0 bridgehead atoms. The number of hydrogen-bond acceptors (Lipinski definition) is 4. The van der Waals surface area contributed by atoms with E-state index in [1.807, 2.05) is 18.5 Å². The van der Waals surface area contributed by atoms with Gasteiger partial charge >= 0.3 is 0 Å². The van der Waals surface area contributed by atoms with E-state index in [4.69, 9.17) is 4.99 Å². The number of aryl methyl sites for hydroxylation is 1. The summed E-state index contributed by atoms with van der Waals surface area (Å²) in [5, 5.41) is 15.4. The minimum Gasteiger partial charge on any atom is -0.375 e. The van der Waals surface area contributed by atoms with E-state index < -0.39 is 0 Å². The zero-order valence-corrected chi connectivity index (χ0v) is 19.3. The van der Waals surface area contributed by atoms with Gasteiger partial charge in [-0.2, -0.15) is 0 Å². The van der Waals surface area contributed by atoms with Crippen molar-refractivity contribution in [2.45, 2.75) is 52.0 Å². The largest absolute Gasteiger partial charge is 0.375 e. The fraction of sp³-hybridized carbons (Fsp3) is 0.542. The minimum atomic E-state index is 0.513. The standard InChI is InChI=1S/C24H37N7/c1-20-28-29-23(31(20)3)19-27-24(26-17-15-21-11-6-4-7-12-21)25-16-10-18-30(2)22-13-8-5-9-14-22/h5,8-9,11,13-14H,4,6-7,10,12,15-19H2,1-3H3,(H2,25,26,27). The zero-order valence-electron chi connectivity index (χ0n) is 19.3. The highest BCUT2D eigenvalue weighted by Gasteiger charge is 2.07. The number of aliphatic imine (C=N–C) groups is 1. The molecular formula is C24H37N7. The first-order valence-corrected chi connectivity index (χ1v) is 11.4. The fourth-order valence-corrected chi connectivity index (χ4v) is 3.72. The highest BCUT2D eigenvalue weighted by molar-refractivity contribution is 5.79. The Hall–Kier alpha value is -2.83. The van der Waals surface area contributed by atoms with Crippen molar-refractivity contribution in [1.82, 2.24) is 25.4 Å². The number of guanidine groups is 1. The van der Waals surface area contributed by atoms with Gasteiger partial charge in [0.1, 0.15) is 12.4 Å². The Bertz CT molecular complexity index is 854. The highest BCUT2D eigenvalue weighted by Crippen LogP contribution is 2.19. The number of anilines is 1. The lowest BCUT2D eigenvalue weighted by Gasteiger charge is -2.20. The predicted octanol–water partition coefficient (Wildman–Crippen LogP) is 3.58. The van der Waals surface area contributed by atoms with Gasteiger partial charge in [-0.1, -0.05) is 29.8 Å². The Labute approximate surface area is 186 Å². The van der Waals surface area contributed by atoms with Crippen LogP contribution in [0.2, 0.25) is 0 Å².